The van der Waals surface area contributed by atoms with E-state index in [4.69, 9.17) is 4.55 Å². The summed E-state index contributed by atoms with van der Waals surface area (Å²) >= 11 is -0.534. The zero-order valence-electron chi connectivity index (χ0n) is 15.0. The molecular formula is C21H15FN2O3S2. The van der Waals surface area contributed by atoms with Crippen molar-refractivity contribution in [2.45, 2.75) is 5.75 Å². The molecule has 0 amide bonds. The highest BCUT2D eigenvalue weighted by molar-refractivity contribution is 7.78. The van der Waals surface area contributed by atoms with E-state index in [1.165, 1.54) is 28.2 Å². The predicted molar refractivity (Wildman–Crippen MR) is 113 cm³/mol. The van der Waals surface area contributed by atoms with Crippen LogP contribution in [-0.2, 0) is 16.8 Å². The van der Waals surface area contributed by atoms with E-state index in [1.54, 1.807) is 48.7 Å². The second-order valence-corrected chi connectivity index (χ2v) is 8.13. The second-order valence-electron chi connectivity index (χ2n) is 6.27. The molecule has 0 saturated heterocycles. The van der Waals surface area contributed by atoms with Crippen molar-refractivity contribution < 1.29 is 13.2 Å². The molecule has 0 radical (unpaired) electrons. The SMILES string of the molecule is O=c1c(-c2ccc(F)cc2)c(-c2ccc(CS(=O)O)cc2)cnn1-c1cccs1. The lowest BCUT2D eigenvalue weighted by molar-refractivity contribution is 0.563. The van der Waals surface area contributed by atoms with Crippen molar-refractivity contribution in [3.8, 4) is 27.3 Å². The number of rotatable bonds is 5. The Kier molecular flexibility index (Phi) is 5.48. The van der Waals surface area contributed by atoms with Crippen molar-refractivity contribution in [1.29, 1.82) is 0 Å². The Morgan fingerprint density at radius 2 is 1.72 bits per heavy atom. The number of nitrogens with zero attached hydrogens (tertiary/aromatic N) is 2. The molecule has 146 valence electrons. The van der Waals surface area contributed by atoms with Gasteiger partial charge >= 0.3 is 0 Å². The van der Waals surface area contributed by atoms with Crippen LogP contribution in [0.1, 0.15) is 5.56 Å². The Hall–Kier alpha value is -2.94. The van der Waals surface area contributed by atoms with E-state index in [2.05, 4.69) is 5.10 Å². The fourth-order valence-corrected chi connectivity index (χ4v) is 4.20. The van der Waals surface area contributed by atoms with Gasteiger partial charge in [-0.1, -0.05) is 36.4 Å². The van der Waals surface area contributed by atoms with Crippen molar-refractivity contribution in [2.24, 2.45) is 0 Å². The van der Waals surface area contributed by atoms with E-state index in [0.29, 0.717) is 27.3 Å². The summed E-state index contributed by atoms with van der Waals surface area (Å²) in [7, 11) is 0. The van der Waals surface area contributed by atoms with Crippen LogP contribution in [0.5, 0.6) is 0 Å². The van der Waals surface area contributed by atoms with Crippen LogP contribution in [0.25, 0.3) is 27.3 Å². The van der Waals surface area contributed by atoms with Gasteiger partial charge in [0.15, 0.2) is 11.1 Å². The topological polar surface area (TPSA) is 72.2 Å². The zero-order chi connectivity index (χ0) is 20.4. The summed E-state index contributed by atoms with van der Waals surface area (Å²) in [6.45, 7) is 0. The van der Waals surface area contributed by atoms with Crippen LogP contribution in [0.3, 0.4) is 0 Å². The van der Waals surface area contributed by atoms with Crippen LogP contribution in [0.2, 0.25) is 0 Å². The van der Waals surface area contributed by atoms with Gasteiger partial charge in [0, 0.05) is 5.56 Å². The van der Waals surface area contributed by atoms with E-state index in [1.807, 2.05) is 11.4 Å². The molecule has 2 aromatic carbocycles. The largest absolute Gasteiger partial charge is 0.306 e. The second kappa shape index (κ2) is 8.20. The van der Waals surface area contributed by atoms with Gasteiger partial charge in [0.25, 0.3) is 5.56 Å². The number of hydrogen-bond donors (Lipinski definition) is 1. The molecule has 0 spiro atoms. The van der Waals surface area contributed by atoms with Gasteiger partial charge in [-0.15, -0.1) is 11.3 Å². The minimum atomic E-state index is -1.93. The molecule has 2 aromatic heterocycles. The highest BCUT2D eigenvalue weighted by Crippen LogP contribution is 2.30. The van der Waals surface area contributed by atoms with Gasteiger partial charge in [-0.2, -0.15) is 9.78 Å². The molecule has 0 aliphatic heterocycles. The monoisotopic (exact) mass is 426 g/mol. The Balaban J connectivity index is 1.89. The lowest BCUT2D eigenvalue weighted by Crippen LogP contribution is -2.22. The first-order valence-electron chi connectivity index (χ1n) is 8.62. The molecule has 5 nitrogen and oxygen atoms in total. The summed E-state index contributed by atoms with van der Waals surface area (Å²) in [6, 6.07) is 16.4. The first kappa shape index (κ1) is 19.4. The number of aromatic nitrogens is 2. The summed E-state index contributed by atoms with van der Waals surface area (Å²) < 4.78 is 34.8. The number of benzene rings is 2. The van der Waals surface area contributed by atoms with Crippen molar-refractivity contribution in [1.82, 2.24) is 9.78 Å². The summed E-state index contributed by atoms with van der Waals surface area (Å²) in [5.41, 5.74) is 2.73. The molecular weight excluding hydrogens is 411 g/mol. The lowest BCUT2D eigenvalue weighted by atomic mass is 9.97. The third-order valence-electron chi connectivity index (χ3n) is 4.38. The highest BCUT2D eigenvalue weighted by atomic mass is 32.2. The van der Waals surface area contributed by atoms with Gasteiger partial charge in [-0.25, -0.2) is 8.60 Å². The summed E-state index contributed by atoms with van der Waals surface area (Å²) in [5.74, 6) is -0.354. The standard InChI is InChI=1S/C21H15FN2O3S2/c22-17-9-7-16(8-10-17)20-18(15-5-3-14(4-6-15)13-29(26)27)12-23-24(21(20)25)19-2-1-11-28-19/h1-12H,13H2,(H,26,27). The van der Waals surface area contributed by atoms with Crippen LogP contribution in [-0.4, -0.2) is 18.5 Å². The fraction of sp³-hybridized carbons (Fsp3) is 0.0476. The normalized spacial score (nSPS) is 12.1. The molecule has 0 bridgehead atoms. The molecule has 2 heterocycles. The van der Waals surface area contributed by atoms with Gasteiger partial charge in [0.05, 0.1) is 17.5 Å². The highest BCUT2D eigenvalue weighted by Gasteiger charge is 2.17. The quantitative estimate of drug-likeness (QED) is 0.478. The molecule has 0 fully saturated rings. The van der Waals surface area contributed by atoms with E-state index < -0.39 is 11.1 Å². The van der Waals surface area contributed by atoms with Crippen LogP contribution >= 0.6 is 11.3 Å². The third-order valence-corrected chi connectivity index (χ3v) is 5.80. The van der Waals surface area contributed by atoms with Gasteiger partial charge in [0.2, 0.25) is 0 Å². The number of halogens is 1. The Morgan fingerprint density at radius 3 is 2.34 bits per heavy atom. The van der Waals surface area contributed by atoms with E-state index in [0.717, 1.165) is 5.56 Å². The molecule has 1 N–H and O–H groups in total. The van der Waals surface area contributed by atoms with Gasteiger partial charge in [-0.3, -0.25) is 4.79 Å². The van der Waals surface area contributed by atoms with Crippen LogP contribution in [0.4, 0.5) is 4.39 Å². The maximum Gasteiger partial charge on any atom is 0.280 e. The molecule has 0 saturated carbocycles. The molecule has 29 heavy (non-hydrogen) atoms. The fourth-order valence-electron chi connectivity index (χ4n) is 3.04. The minimum Gasteiger partial charge on any atom is -0.306 e. The van der Waals surface area contributed by atoms with Gasteiger partial charge < -0.3 is 4.55 Å². The maximum absolute atomic E-state index is 13.4. The number of hydrogen-bond acceptors (Lipinski definition) is 4. The van der Waals surface area contributed by atoms with E-state index in [9.17, 15) is 13.4 Å². The van der Waals surface area contributed by atoms with E-state index in [-0.39, 0.29) is 17.1 Å². The summed E-state index contributed by atoms with van der Waals surface area (Å²) in [4.78, 5) is 13.3. The van der Waals surface area contributed by atoms with E-state index >= 15 is 0 Å². The molecule has 1 atom stereocenters. The molecule has 0 aliphatic carbocycles. The maximum atomic E-state index is 13.4. The molecule has 8 heteroatoms. The van der Waals surface area contributed by atoms with Gasteiger partial charge in [0.1, 0.15) is 10.8 Å². The van der Waals surface area contributed by atoms with Crippen molar-refractivity contribution in [3.63, 3.8) is 0 Å². The molecule has 1 unspecified atom stereocenters. The van der Waals surface area contributed by atoms with Gasteiger partial charge in [-0.05, 0) is 46.3 Å². The lowest BCUT2D eigenvalue weighted by Gasteiger charge is -2.12. The zero-order valence-corrected chi connectivity index (χ0v) is 16.6. The molecule has 4 aromatic rings. The smallest absolute Gasteiger partial charge is 0.280 e. The van der Waals surface area contributed by atoms with Crippen LogP contribution < -0.4 is 5.56 Å². The van der Waals surface area contributed by atoms with Crippen molar-refractivity contribution >= 4 is 22.4 Å². The first-order valence-corrected chi connectivity index (χ1v) is 10.8. The molecule has 4 rings (SSSR count). The Morgan fingerprint density at radius 1 is 1.03 bits per heavy atom. The first-order chi connectivity index (χ1) is 14.0. The Bertz CT molecular complexity index is 1220. The third kappa shape index (κ3) is 4.09. The van der Waals surface area contributed by atoms with Crippen molar-refractivity contribution in [3.05, 3.63) is 94.0 Å². The Labute approximate surface area is 172 Å². The minimum absolute atomic E-state index is 0.0311. The average molecular weight is 426 g/mol. The average Bonchev–Trinajstić information content (AvgIpc) is 3.23. The summed E-state index contributed by atoms with van der Waals surface area (Å²) in [6.07, 6.45) is 1.61. The van der Waals surface area contributed by atoms with Crippen LogP contribution in [0, 0.1) is 5.82 Å². The molecule has 0 aliphatic rings. The number of thiophene rings is 1. The van der Waals surface area contributed by atoms with Crippen molar-refractivity contribution in [2.75, 3.05) is 0 Å². The summed E-state index contributed by atoms with van der Waals surface area (Å²) in [5, 5.41) is 6.87. The van der Waals surface area contributed by atoms with Crippen LogP contribution in [0.15, 0.2) is 77.0 Å². The predicted octanol–water partition coefficient (Wildman–Crippen LogP) is 4.49.